The van der Waals surface area contributed by atoms with Gasteiger partial charge in [-0.15, -0.1) is 0 Å². The first-order valence-electron chi connectivity index (χ1n) is 8.78. The average Bonchev–Trinajstić information content (AvgIpc) is 3.12. The summed E-state index contributed by atoms with van der Waals surface area (Å²) >= 11 is 0. The van der Waals surface area contributed by atoms with Crippen molar-refractivity contribution in [3.8, 4) is 5.75 Å². The van der Waals surface area contributed by atoms with E-state index >= 15 is 0 Å². The summed E-state index contributed by atoms with van der Waals surface area (Å²) in [5.74, 6) is 1.04. The smallest absolute Gasteiger partial charge is 0.254 e. The highest BCUT2D eigenvalue weighted by Gasteiger charge is 2.17. The van der Waals surface area contributed by atoms with Gasteiger partial charge in [-0.3, -0.25) is 4.79 Å². The van der Waals surface area contributed by atoms with Crippen LogP contribution >= 0.6 is 0 Å². The Bertz CT molecular complexity index is 923. The molecule has 1 amide bonds. The predicted octanol–water partition coefficient (Wildman–Crippen LogP) is 3.74. The second-order valence-corrected chi connectivity index (χ2v) is 6.15. The van der Waals surface area contributed by atoms with E-state index < -0.39 is 0 Å². The number of rotatable bonds is 7. The van der Waals surface area contributed by atoms with Gasteiger partial charge in [-0.05, 0) is 42.8 Å². The van der Waals surface area contributed by atoms with Gasteiger partial charge in [0.2, 0.25) is 0 Å². The number of ether oxygens (including phenoxy) is 1. The fourth-order valence-corrected chi connectivity index (χ4v) is 2.90. The summed E-state index contributed by atoms with van der Waals surface area (Å²) in [6.07, 6.45) is 3.53. The number of carbonyl (C=O) groups is 1. The van der Waals surface area contributed by atoms with Gasteiger partial charge in [0.25, 0.3) is 5.91 Å². The van der Waals surface area contributed by atoms with Gasteiger partial charge in [0.15, 0.2) is 0 Å². The molecular weight excluding hydrogens is 345 g/mol. The van der Waals surface area contributed by atoms with Crippen LogP contribution in [0.15, 0.2) is 60.9 Å². The molecule has 3 aromatic rings. The second-order valence-electron chi connectivity index (χ2n) is 6.15. The molecule has 6 heteroatoms. The Kier molecular flexibility index (Phi) is 5.86. The van der Waals surface area contributed by atoms with Crippen molar-refractivity contribution in [3.63, 3.8) is 0 Å². The highest BCUT2D eigenvalue weighted by molar-refractivity contribution is 5.94. The van der Waals surface area contributed by atoms with Crippen molar-refractivity contribution < 1.29 is 13.9 Å². The third-order valence-corrected chi connectivity index (χ3v) is 4.36. The lowest BCUT2D eigenvalue weighted by Crippen LogP contribution is -2.31. The lowest BCUT2D eigenvalue weighted by molar-refractivity contribution is 0.0746. The zero-order valence-electron chi connectivity index (χ0n) is 15.4. The molecule has 0 fully saturated rings. The largest absolute Gasteiger partial charge is 0.497 e. The summed E-state index contributed by atoms with van der Waals surface area (Å²) in [5.41, 5.74) is 1.41. The topological polar surface area (TPSA) is 47.4 Å². The minimum Gasteiger partial charge on any atom is -0.497 e. The van der Waals surface area contributed by atoms with Crippen molar-refractivity contribution in [1.29, 1.82) is 0 Å². The molecule has 0 N–H and O–H groups in total. The third-order valence-electron chi connectivity index (χ3n) is 4.36. The fourth-order valence-electron chi connectivity index (χ4n) is 2.90. The number of methoxy groups -OCH3 is 1. The van der Waals surface area contributed by atoms with Gasteiger partial charge >= 0.3 is 0 Å². The molecule has 0 aliphatic heterocycles. The first-order chi connectivity index (χ1) is 13.1. The predicted molar refractivity (Wildman–Crippen MR) is 101 cm³/mol. The Morgan fingerprint density at radius 3 is 2.78 bits per heavy atom. The lowest BCUT2D eigenvalue weighted by Gasteiger charge is -2.21. The SMILES string of the molecule is CCN(Cc1nccn1Cc1cccc(F)c1)C(=O)c1cccc(OC)c1. The minimum atomic E-state index is -0.266. The minimum absolute atomic E-state index is 0.0864. The van der Waals surface area contributed by atoms with E-state index in [1.165, 1.54) is 12.1 Å². The van der Waals surface area contributed by atoms with Crippen LogP contribution in [0.1, 0.15) is 28.7 Å². The normalized spacial score (nSPS) is 10.6. The Hall–Kier alpha value is -3.15. The number of nitrogens with zero attached hydrogens (tertiary/aromatic N) is 3. The van der Waals surface area contributed by atoms with E-state index in [0.29, 0.717) is 30.9 Å². The van der Waals surface area contributed by atoms with Gasteiger partial charge < -0.3 is 14.2 Å². The van der Waals surface area contributed by atoms with Crippen LogP contribution in [-0.4, -0.2) is 34.0 Å². The van der Waals surface area contributed by atoms with Crippen molar-refractivity contribution in [2.45, 2.75) is 20.0 Å². The number of benzene rings is 2. The summed E-state index contributed by atoms with van der Waals surface area (Å²) in [5, 5.41) is 0. The van der Waals surface area contributed by atoms with Crippen LogP contribution < -0.4 is 4.74 Å². The number of halogens is 1. The van der Waals surface area contributed by atoms with Gasteiger partial charge in [-0.25, -0.2) is 9.37 Å². The molecule has 1 aromatic heterocycles. The Labute approximate surface area is 158 Å². The van der Waals surface area contributed by atoms with E-state index in [9.17, 15) is 9.18 Å². The van der Waals surface area contributed by atoms with Crippen LogP contribution in [0.3, 0.4) is 0 Å². The number of amides is 1. The van der Waals surface area contributed by atoms with Crippen molar-refractivity contribution in [2.75, 3.05) is 13.7 Å². The van der Waals surface area contributed by atoms with Gasteiger partial charge in [0.05, 0.1) is 13.7 Å². The molecule has 0 aliphatic carbocycles. The average molecular weight is 367 g/mol. The quantitative estimate of drug-likeness (QED) is 0.639. The van der Waals surface area contributed by atoms with E-state index in [1.807, 2.05) is 23.8 Å². The lowest BCUT2D eigenvalue weighted by atomic mass is 10.2. The molecule has 0 unspecified atom stereocenters. The Morgan fingerprint density at radius 2 is 2.04 bits per heavy atom. The molecule has 3 rings (SSSR count). The number of hydrogen-bond acceptors (Lipinski definition) is 3. The molecule has 0 bridgehead atoms. The van der Waals surface area contributed by atoms with E-state index in [-0.39, 0.29) is 11.7 Å². The van der Waals surface area contributed by atoms with Gasteiger partial charge in [0, 0.05) is 31.0 Å². The Balaban J connectivity index is 1.77. The maximum absolute atomic E-state index is 13.4. The van der Waals surface area contributed by atoms with E-state index in [2.05, 4.69) is 4.98 Å². The van der Waals surface area contributed by atoms with Gasteiger partial charge in [0.1, 0.15) is 17.4 Å². The van der Waals surface area contributed by atoms with Crippen molar-refractivity contribution >= 4 is 5.91 Å². The second kappa shape index (κ2) is 8.49. The van der Waals surface area contributed by atoms with E-state index in [1.54, 1.807) is 48.5 Å². The molecule has 2 aromatic carbocycles. The highest BCUT2D eigenvalue weighted by Crippen LogP contribution is 2.16. The summed E-state index contributed by atoms with van der Waals surface area (Å²) in [4.78, 5) is 19.0. The molecule has 0 aliphatic rings. The van der Waals surface area contributed by atoms with Gasteiger partial charge in [-0.2, -0.15) is 0 Å². The fraction of sp³-hybridized carbons (Fsp3) is 0.238. The van der Waals surface area contributed by atoms with Crippen LogP contribution in [0.25, 0.3) is 0 Å². The first-order valence-corrected chi connectivity index (χ1v) is 8.78. The molecule has 1 heterocycles. The summed E-state index contributed by atoms with van der Waals surface area (Å²) in [7, 11) is 1.57. The van der Waals surface area contributed by atoms with E-state index in [4.69, 9.17) is 4.74 Å². The zero-order valence-corrected chi connectivity index (χ0v) is 15.4. The third kappa shape index (κ3) is 4.53. The van der Waals surface area contributed by atoms with E-state index in [0.717, 1.165) is 11.4 Å². The molecule has 0 saturated heterocycles. The van der Waals surface area contributed by atoms with Crippen molar-refractivity contribution in [1.82, 2.24) is 14.5 Å². The summed E-state index contributed by atoms with van der Waals surface area (Å²) < 4.78 is 20.6. The molecule has 0 atom stereocenters. The number of imidazole rings is 1. The molecular formula is C21H22FN3O2. The summed E-state index contributed by atoms with van der Waals surface area (Å²) in [6.45, 7) is 3.34. The molecule has 27 heavy (non-hydrogen) atoms. The van der Waals surface area contributed by atoms with Crippen LogP contribution in [0.5, 0.6) is 5.75 Å². The van der Waals surface area contributed by atoms with Crippen LogP contribution in [-0.2, 0) is 13.1 Å². The number of hydrogen-bond donors (Lipinski definition) is 0. The van der Waals surface area contributed by atoms with Crippen LogP contribution in [0.2, 0.25) is 0 Å². The van der Waals surface area contributed by atoms with Crippen LogP contribution in [0, 0.1) is 5.82 Å². The highest BCUT2D eigenvalue weighted by atomic mass is 19.1. The maximum atomic E-state index is 13.4. The number of aromatic nitrogens is 2. The van der Waals surface area contributed by atoms with Crippen molar-refractivity contribution in [2.24, 2.45) is 0 Å². The maximum Gasteiger partial charge on any atom is 0.254 e. The molecule has 0 saturated carbocycles. The van der Waals surface area contributed by atoms with Gasteiger partial charge in [-0.1, -0.05) is 18.2 Å². The Morgan fingerprint density at radius 1 is 1.22 bits per heavy atom. The summed E-state index contributed by atoms with van der Waals surface area (Å²) in [6, 6.07) is 13.6. The van der Waals surface area contributed by atoms with Crippen molar-refractivity contribution in [3.05, 3.63) is 83.7 Å². The van der Waals surface area contributed by atoms with Crippen LogP contribution in [0.4, 0.5) is 4.39 Å². The monoisotopic (exact) mass is 367 g/mol. The number of carbonyl (C=O) groups excluding carboxylic acids is 1. The zero-order chi connectivity index (χ0) is 19.2. The molecule has 140 valence electrons. The first kappa shape index (κ1) is 18.6. The molecule has 0 spiro atoms. The standard InChI is InChI=1S/C21H22FN3O2/c1-3-24(21(26)17-7-5-9-19(13-17)27-2)15-20-23-10-11-25(20)14-16-6-4-8-18(22)12-16/h4-13H,3,14-15H2,1-2H3. The molecule has 5 nitrogen and oxygen atoms in total. The molecule has 0 radical (unpaired) electrons.